The summed E-state index contributed by atoms with van der Waals surface area (Å²) in [6.07, 6.45) is 2.88. The Bertz CT molecular complexity index is 3160. The van der Waals surface area contributed by atoms with Crippen molar-refractivity contribution in [2.75, 3.05) is 99.9 Å². The van der Waals surface area contributed by atoms with E-state index < -0.39 is 59.8 Å². The molecular formula is C62H85F3N12O8S. The van der Waals surface area contributed by atoms with Crippen LogP contribution in [-0.2, 0) is 57.6 Å². The largest absolute Gasteiger partial charge is 0.464 e. The number of methoxy groups -OCH3 is 1. The molecule has 86 heavy (non-hydrogen) atoms. The molecule has 4 amide bonds. The van der Waals surface area contributed by atoms with Crippen LogP contribution in [0.1, 0.15) is 95.8 Å². The summed E-state index contributed by atoms with van der Waals surface area (Å²) in [6.45, 7) is 14.3. The zero-order chi connectivity index (χ0) is 60.7. The van der Waals surface area contributed by atoms with Gasteiger partial charge in [0.1, 0.15) is 30.3 Å². The second-order valence-electron chi connectivity index (χ2n) is 27.1. The van der Waals surface area contributed by atoms with Gasteiger partial charge in [0.25, 0.3) is 5.91 Å². The molecule has 6 bridgehead atoms. The number of hydrogen-bond acceptors (Lipinski definition) is 16. The van der Waals surface area contributed by atoms with E-state index in [2.05, 4.69) is 25.4 Å². The van der Waals surface area contributed by atoms with Gasteiger partial charge >= 0.3 is 12.1 Å². The van der Waals surface area contributed by atoms with Gasteiger partial charge in [-0.05, 0) is 87.8 Å². The Morgan fingerprint density at radius 2 is 1.71 bits per heavy atom. The Morgan fingerprint density at radius 3 is 2.40 bits per heavy atom. The summed E-state index contributed by atoms with van der Waals surface area (Å²) in [7, 11) is 5.03. The van der Waals surface area contributed by atoms with Crippen molar-refractivity contribution < 1.29 is 51.4 Å². The van der Waals surface area contributed by atoms with Crippen molar-refractivity contribution in [3.63, 3.8) is 0 Å². The number of likely N-dealkylation sites (N-methyl/N-ethyl adjacent to an activating group) is 1. The number of amides is 4. The van der Waals surface area contributed by atoms with Gasteiger partial charge in [0.05, 0.1) is 67.1 Å². The number of fused-ring (bicyclic) bond motifs is 6. The van der Waals surface area contributed by atoms with Crippen LogP contribution in [-0.4, -0.2) is 240 Å². The minimum absolute atomic E-state index is 0.00834. The summed E-state index contributed by atoms with van der Waals surface area (Å²) in [4.78, 5) is 93.6. The number of morpholine rings is 1. The highest BCUT2D eigenvalue weighted by Gasteiger charge is 2.63. The van der Waals surface area contributed by atoms with Crippen LogP contribution in [0.3, 0.4) is 0 Å². The zero-order valence-electron chi connectivity index (χ0n) is 51.0. The van der Waals surface area contributed by atoms with Crippen LogP contribution in [0.15, 0.2) is 34.3 Å². The van der Waals surface area contributed by atoms with E-state index in [1.165, 1.54) is 33.8 Å². The molecule has 7 fully saturated rings. The molecule has 2 N–H and O–H groups in total. The van der Waals surface area contributed by atoms with Gasteiger partial charge in [0.15, 0.2) is 0 Å². The first-order valence-electron chi connectivity index (χ1n) is 31.1. The van der Waals surface area contributed by atoms with Crippen LogP contribution in [0, 0.1) is 17.3 Å². The fourth-order valence-electron chi connectivity index (χ4n) is 14.4. The molecule has 2 unspecified atom stereocenters. The number of nitrogens with one attached hydrogen (secondary N) is 2. The van der Waals surface area contributed by atoms with Crippen molar-refractivity contribution in [3.05, 3.63) is 45.5 Å². The standard InChI is InChI=1S/C62H85F3N12O8S/c1-36(2)52(73-22-23-85-61(31-73)32-74(33-61)58(81)55-53(38-11-12-38)75(55)29-50(78)70(6)7)56(79)68-46-26-49-67-47(30-86-49)39-13-16-48-42(24-39)44(27-60(4,5)35-84-59(82)45-10-9-17-77(69-45)57(46)80)54(76(48)34-62(63,64)65)43-25-41(28-66-51(43)37(3)83-8)72-20-18-71(19-21-72)40-14-15-40/h13,16,24,28,30,36-38,40-41,45-46,52-53,55,69H,9-12,14-15,17-23,25-27,29,31-35H2,1-8H3,(H,68,79)/t37-,41?,45-,46-,52-,53+,55+,75?/m0/s1. The van der Waals surface area contributed by atoms with E-state index in [9.17, 15) is 19.2 Å². The van der Waals surface area contributed by atoms with E-state index >= 15 is 18.0 Å². The Labute approximate surface area is 505 Å². The van der Waals surface area contributed by atoms with E-state index in [0.29, 0.717) is 114 Å². The molecule has 9 heterocycles. The number of cyclic esters (lactones) is 1. The predicted octanol–water partition coefficient (Wildman–Crippen LogP) is 4.83. The number of carbonyl (C=O) groups is 5. The number of esters is 1. The lowest BCUT2D eigenvalue weighted by atomic mass is 9.83. The summed E-state index contributed by atoms with van der Waals surface area (Å²) in [5.74, 6) is -1.16. The third-order valence-corrected chi connectivity index (χ3v) is 20.2. The lowest BCUT2D eigenvalue weighted by Gasteiger charge is -2.55. The molecule has 1 spiro atoms. The van der Waals surface area contributed by atoms with Crippen LogP contribution < -0.4 is 10.7 Å². The highest BCUT2D eigenvalue weighted by molar-refractivity contribution is 7.10. The predicted molar refractivity (Wildman–Crippen MR) is 319 cm³/mol. The minimum atomic E-state index is -4.60. The number of rotatable bonds is 14. The Morgan fingerprint density at radius 1 is 0.965 bits per heavy atom. The first kappa shape index (κ1) is 60.9. The molecule has 2 saturated carbocycles. The Kier molecular flexibility index (Phi) is 16.9. The number of thiazole rings is 1. The highest BCUT2D eigenvalue weighted by Crippen LogP contribution is 2.49. The number of piperazine rings is 1. The molecule has 468 valence electrons. The summed E-state index contributed by atoms with van der Waals surface area (Å²) < 4.78 is 65.6. The topological polar surface area (TPSA) is 190 Å². The van der Waals surface area contributed by atoms with Gasteiger partial charge in [-0.2, -0.15) is 13.2 Å². The lowest BCUT2D eigenvalue weighted by Crippen LogP contribution is -2.73. The Balaban J connectivity index is 0.841. The smallest absolute Gasteiger partial charge is 0.406 e. The van der Waals surface area contributed by atoms with Gasteiger partial charge in [-0.15, -0.1) is 11.3 Å². The molecule has 20 nitrogen and oxygen atoms in total. The van der Waals surface area contributed by atoms with Crippen molar-refractivity contribution in [3.8, 4) is 11.3 Å². The zero-order valence-corrected chi connectivity index (χ0v) is 51.8. The van der Waals surface area contributed by atoms with E-state index in [1.807, 2.05) is 62.1 Å². The van der Waals surface area contributed by atoms with Crippen molar-refractivity contribution in [2.45, 2.75) is 159 Å². The van der Waals surface area contributed by atoms with Crippen LogP contribution in [0.2, 0.25) is 0 Å². The maximum absolute atomic E-state index is 15.2. The maximum Gasteiger partial charge on any atom is 0.406 e. The van der Waals surface area contributed by atoms with E-state index in [0.717, 1.165) is 39.0 Å². The van der Waals surface area contributed by atoms with Gasteiger partial charge in [-0.3, -0.25) is 53.6 Å². The number of carbonyl (C=O) groups excluding carboxylic acids is 5. The van der Waals surface area contributed by atoms with Crippen LogP contribution in [0.4, 0.5) is 13.2 Å². The van der Waals surface area contributed by atoms with Crippen LogP contribution in [0.25, 0.3) is 27.7 Å². The molecule has 7 aliphatic heterocycles. The number of likely N-dealkylation sites (tertiary alicyclic amines) is 1. The number of aliphatic imine (C=N–C) groups is 1. The number of hydrogen-bond donors (Lipinski definition) is 2. The first-order valence-corrected chi connectivity index (χ1v) is 32.0. The van der Waals surface area contributed by atoms with Gasteiger partial charge in [-0.25, -0.2) is 10.4 Å². The fourth-order valence-corrected chi connectivity index (χ4v) is 15.3. The fraction of sp³-hybridized carbons (Fsp3) is 0.694. The normalized spacial score (nSPS) is 28.3. The molecule has 2 aliphatic carbocycles. The molecule has 0 radical (unpaired) electrons. The third-order valence-electron chi connectivity index (χ3n) is 19.3. The van der Waals surface area contributed by atoms with Crippen molar-refractivity contribution in [2.24, 2.45) is 22.2 Å². The van der Waals surface area contributed by atoms with Crippen LogP contribution >= 0.6 is 11.3 Å². The van der Waals surface area contributed by atoms with Crippen molar-refractivity contribution in [1.82, 2.24) is 54.7 Å². The van der Waals surface area contributed by atoms with E-state index in [-0.39, 0.29) is 74.3 Å². The Hall–Kier alpha value is -5.34. The monoisotopic (exact) mass is 1210 g/mol. The minimum Gasteiger partial charge on any atom is -0.464 e. The van der Waals surface area contributed by atoms with E-state index in [4.69, 9.17) is 24.2 Å². The number of nitrogens with zero attached hydrogens (tertiary/aromatic N) is 10. The summed E-state index contributed by atoms with van der Waals surface area (Å²) >= 11 is 1.33. The average molecular weight is 1220 g/mol. The molecule has 8 atom stereocenters. The average Bonchev–Trinajstić information content (AvgIpc) is 1.71. The maximum atomic E-state index is 15.2. The molecule has 3 aromatic rings. The lowest BCUT2D eigenvalue weighted by molar-refractivity contribution is -0.197. The molecule has 5 saturated heterocycles. The SMILES string of the molecule is CO[C@@H](C)C1=C(c2c3c4cc(ccc4n2CC(F)(F)F)-c2csc(n2)C[C@H](NC(=O)[C@H](C(C)C)N2CCOC4(CN(C(=O)[C@H]5[C@@H](C6CC6)N5CC(=O)N(C)C)C4)C2)C(=O)N2CCC[C@H](N2)C(=O)OCC(C)(C)C3)CC(N2CCN(C3CC3)CC2)C=N1. The van der Waals surface area contributed by atoms with Crippen molar-refractivity contribution in [1.29, 1.82) is 0 Å². The third kappa shape index (κ3) is 12.6. The van der Waals surface area contributed by atoms with Gasteiger partial charge in [0.2, 0.25) is 17.7 Å². The number of alkyl halides is 3. The summed E-state index contributed by atoms with van der Waals surface area (Å²) in [6, 6.07) is 2.98. The molecular weight excluding hydrogens is 1130 g/mol. The summed E-state index contributed by atoms with van der Waals surface area (Å²) in [5.41, 5.74) is 5.67. The molecule has 12 rings (SSSR count). The number of benzene rings is 1. The molecule has 9 aliphatic rings. The van der Waals surface area contributed by atoms with Crippen molar-refractivity contribution >= 4 is 63.6 Å². The van der Waals surface area contributed by atoms with Gasteiger partial charge in [-0.1, -0.05) is 33.8 Å². The summed E-state index contributed by atoms with van der Waals surface area (Å²) in [5, 5.41) is 7.61. The molecule has 1 aromatic carbocycles. The van der Waals surface area contributed by atoms with Crippen LogP contribution in [0.5, 0.6) is 0 Å². The molecule has 2 aromatic heterocycles. The number of hydrazine groups is 1. The first-order chi connectivity index (χ1) is 41.0. The second-order valence-corrected chi connectivity index (χ2v) is 28.1. The quantitative estimate of drug-likeness (QED) is 0.165. The second kappa shape index (κ2) is 23.9. The van der Waals surface area contributed by atoms with E-state index in [1.54, 1.807) is 38.2 Å². The van der Waals surface area contributed by atoms with Gasteiger partial charge < -0.3 is 33.9 Å². The number of aromatic nitrogens is 2. The highest BCUT2D eigenvalue weighted by atomic mass is 32.1. The number of halogens is 3. The van der Waals surface area contributed by atoms with Gasteiger partial charge in [0, 0.05) is 131 Å². The number of ether oxygens (including phenoxy) is 3. The molecule has 24 heteroatoms.